The topological polar surface area (TPSA) is 82.9 Å². The number of nitrogens with zero attached hydrogens (tertiary/aromatic N) is 1. The van der Waals surface area contributed by atoms with E-state index >= 15 is 0 Å². The van der Waals surface area contributed by atoms with E-state index in [4.69, 9.17) is 0 Å². The molecule has 1 saturated heterocycles. The lowest BCUT2D eigenvalue weighted by atomic mass is 10.1. The highest BCUT2D eigenvalue weighted by Crippen LogP contribution is 2.23. The molecule has 2 aromatic rings. The summed E-state index contributed by atoms with van der Waals surface area (Å²) in [6.45, 7) is 5.02. The number of carbonyl (C=O) groups is 3. The van der Waals surface area contributed by atoms with Gasteiger partial charge in [-0.05, 0) is 55.7 Å². The molecule has 1 aliphatic rings. The van der Waals surface area contributed by atoms with Crippen LogP contribution in [0, 0.1) is 13.8 Å². The summed E-state index contributed by atoms with van der Waals surface area (Å²) in [5.74, 6) is -0.161. The zero-order chi connectivity index (χ0) is 21.7. The van der Waals surface area contributed by atoms with Gasteiger partial charge < -0.3 is 20.4 Å². The molecule has 3 amide bonds. The first-order valence-electron chi connectivity index (χ1n) is 10.2. The van der Waals surface area contributed by atoms with Gasteiger partial charge in [0, 0.05) is 30.0 Å². The normalized spacial score (nSPS) is 14.5. The Kier molecular flexibility index (Phi) is 6.84. The van der Waals surface area contributed by atoms with Crippen LogP contribution in [-0.2, 0) is 14.4 Å². The Hall–Kier alpha value is -3.19. The third kappa shape index (κ3) is 5.45. The summed E-state index contributed by atoms with van der Waals surface area (Å²) in [5, 5.41) is 5.79. The number of carbonyl (C=O) groups excluding carboxylic acids is 3. The molecule has 1 atom stereocenters. The fourth-order valence-corrected chi connectivity index (χ4v) is 3.66. The molecule has 2 aromatic carbocycles. The van der Waals surface area contributed by atoms with Gasteiger partial charge in [-0.15, -0.1) is 0 Å². The van der Waals surface area contributed by atoms with Crippen LogP contribution >= 0.6 is 0 Å². The number of nitrogens with one attached hydrogen (secondary N) is 3. The van der Waals surface area contributed by atoms with E-state index in [9.17, 15) is 14.4 Å². The summed E-state index contributed by atoms with van der Waals surface area (Å²) in [5.41, 5.74) is 4.37. The van der Waals surface area contributed by atoms with E-state index in [0.717, 1.165) is 40.4 Å². The molecule has 1 fully saturated rings. The predicted molar refractivity (Wildman–Crippen MR) is 118 cm³/mol. The Bertz CT molecular complexity index is 920. The number of likely N-dealkylation sites (N-methyl/N-ethyl adjacent to an activating group) is 1. The van der Waals surface area contributed by atoms with Gasteiger partial charge in [-0.2, -0.15) is 0 Å². The Labute approximate surface area is 177 Å². The average Bonchev–Trinajstić information content (AvgIpc) is 3.11. The van der Waals surface area contributed by atoms with E-state index in [0.29, 0.717) is 12.1 Å². The number of rotatable bonds is 7. The fourth-order valence-electron chi connectivity index (χ4n) is 3.66. The zero-order valence-corrected chi connectivity index (χ0v) is 17.7. The number of hydrogen-bond donors (Lipinski definition) is 3. The molecule has 7 nitrogen and oxygen atoms in total. The molecule has 30 heavy (non-hydrogen) atoms. The molecular weight excluding hydrogens is 380 g/mol. The van der Waals surface area contributed by atoms with Crippen LogP contribution in [0.3, 0.4) is 0 Å². The lowest BCUT2D eigenvalue weighted by Crippen LogP contribution is -3.11. The van der Waals surface area contributed by atoms with E-state index in [1.165, 1.54) is 0 Å². The van der Waals surface area contributed by atoms with E-state index in [-0.39, 0.29) is 30.8 Å². The van der Waals surface area contributed by atoms with Crippen molar-refractivity contribution in [3.63, 3.8) is 0 Å². The van der Waals surface area contributed by atoms with E-state index in [1.54, 1.807) is 17.0 Å². The van der Waals surface area contributed by atoms with Gasteiger partial charge in [0.15, 0.2) is 13.1 Å². The summed E-state index contributed by atoms with van der Waals surface area (Å²) < 4.78 is 0. The van der Waals surface area contributed by atoms with Crippen LogP contribution in [0.1, 0.15) is 24.0 Å². The van der Waals surface area contributed by atoms with Gasteiger partial charge in [0.2, 0.25) is 5.91 Å². The number of aryl methyl sites for hydroxylation is 2. The van der Waals surface area contributed by atoms with Gasteiger partial charge in [0.05, 0.1) is 7.05 Å². The number of benzene rings is 2. The van der Waals surface area contributed by atoms with Crippen LogP contribution in [-0.4, -0.2) is 44.4 Å². The maximum absolute atomic E-state index is 12.4. The lowest BCUT2D eigenvalue weighted by molar-refractivity contribution is -0.862. The minimum atomic E-state index is -0.169. The van der Waals surface area contributed by atoms with Crippen molar-refractivity contribution in [1.29, 1.82) is 0 Å². The average molecular weight is 410 g/mol. The van der Waals surface area contributed by atoms with Crippen molar-refractivity contribution in [2.75, 3.05) is 42.2 Å². The molecule has 158 valence electrons. The van der Waals surface area contributed by atoms with Crippen LogP contribution in [0.15, 0.2) is 42.5 Å². The lowest BCUT2D eigenvalue weighted by Gasteiger charge is -2.17. The molecule has 0 spiro atoms. The molecular formula is C23H29N4O3+. The van der Waals surface area contributed by atoms with Crippen LogP contribution in [0.5, 0.6) is 0 Å². The van der Waals surface area contributed by atoms with Crippen molar-refractivity contribution >= 4 is 34.8 Å². The van der Waals surface area contributed by atoms with Crippen molar-refractivity contribution in [3.05, 3.63) is 53.6 Å². The SMILES string of the molecule is Cc1cccc(C)c1NC(=O)C[NH+](C)CC(=O)Nc1ccc(N2CCCC2=O)cc1. The summed E-state index contributed by atoms with van der Waals surface area (Å²) in [4.78, 5) is 39.1. The Morgan fingerprint density at radius 3 is 2.13 bits per heavy atom. The third-order valence-electron chi connectivity index (χ3n) is 5.21. The van der Waals surface area contributed by atoms with Gasteiger partial charge in [-0.1, -0.05) is 18.2 Å². The van der Waals surface area contributed by atoms with Gasteiger partial charge in [-0.3, -0.25) is 14.4 Å². The quantitative estimate of drug-likeness (QED) is 0.649. The van der Waals surface area contributed by atoms with Gasteiger partial charge in [-0.25, -0.2) is 0 Å². The Morgan fingerprint density at radius 2 is 1.57 bits per heavy atom. The first-order valence-corrected chi connectivity index (χ1v) is 10.2. The standard InChI is InChI=1S/C23H28N4O3/c1-16-6-4-7-17(2)23(16)25-21(29)15-26(3)14-20(28)24-18-9-11-19(12-10-18)27-13-5-8-22(27)30/h4,6-7,9-12H,5,8,13-15H2,1-3H3,(H,24,28)(H,25,29)/p+1. The molecule has 0 saturated carbocycles. The summed E-state index contributed by atoms with van der Waals surface area (Å²) in [7, 11) is 1.81. The van der Waals surface area contributed by atoms with Crippen LogP contribution in [0.4, 0.5) is 17.1 Å². The summed E-state index contributed by atoms with van der Waals surface area (Å²) in [6, 6.07) is 13.1. The van der Waals surface area contributed by atoms with Gasteiger partial charge in [0.25, 0.3) is 11.8 Å². The third-order valence-corrected chi connectivity index (χ3v) is 5.21. The molecule has 0 bridgehead atoms. The van der Waals surface area contributed by atoms with Crippen LogP contribution in [0.25, 0.3) is 0 Å². The van der Waals surface area contributed by atoms with Gasteiger partial charge >= 0.3 is 0 Å². The number of anilines is 3. The molecule has 1 aliphatic heterocycles. The van der Waals surface area contributed by atoms with E-state index in [2.05, 4.69) is 10.6 Å². The Balaban J connectivity index is 1.48. The highest BCUT2D eigenvalue weighted by atomic mass is 16.2. The fraction of sp³-hybridized carbons (Fsp3) is 0.348. The zero-order valence-electron chi connectivity index (χ0n) is 17.7. The van der Waals surface area contributed by atoms with E-state index < -0.39 is 0 Å². The molecule has 0 radical (unpaired) electrons. The molecule has 1 heterocycles. The first-order chi connectivity index (χ1) is 14.3. The summed E-state index contributed by atoms with van der Waals surface area (Å²) >= 11 is 0. The number of para-hydroxylation sites is 1. The van der Waals surface area contributed by atoms with Crippen LogP contribution < -0.4 is 20.4 Å². The second-order valence-electron chi connectivity index (χ2n) is 7.87. The second-order valence-corrected chi connectivity index (χ2v) is 7.87. The minimum Gasteiger partial charge on any atom is -0.322 e. The Morgan fingerprint density at radius 1 is 0.967 bits per heavy atom. The van der Waals surface area contributed by atoms with Crippen molar-refractivity contribution in [3.8, 4) is 0 Å². The minimum absolute atomic E-state index is 0.127. The van der Waals surface area contributed by atoms with Gasteiger partial charge in [0.1, 0.15) is 0 Å². The van der Waals surface area contributed by atoms with Crippen LogP contribution in [0.2, 0.25) is 0 Å². The number of quaternary nitrogens is 1. The molecule has 0 aliphatic carbocycles. The van der Waals surface area contributed by atoms with Crippen molar-refractivity contribution in [2.45, 2.75) is 26.7 Å². The predicted octanol–water partition coefficient (Wildman–Crippen LogP) is 1.52. The highest BCUT2D eigenvalue weighted by molar-refractivity contribution is 5.96. The largest absolute Gasteiger partial charge is 0.322 e. The smallest absolute Gasteiger partial charge is 0.279 e. The van der Waals surface area contributed by atoms with Crippen molar-refractivity contribution in [2.24, 2.45) is 0 Å². The first kappa shape index (κ1) is 21.5. The van der Waals surface area contributed by atoms with E-state index in [1.807, 2.05) is 51.2 Å². The second kappa shape index (κ2) is 9.54. The molecule has 3 rings (SSSR count). The molecule has 3 N–H and O–H groups in total. The maximum Gasteiger partial charge on any atom is 0.279 e. The number of hydrogen-bond acceptors (Lipinski definition) is 3. The summed E-state index contributed by atoms with van der Waals surface area (Å²) in [6.07, 6.45) is 1.47. The molecule has 0 aromatic heterocycles. The monoisotopic (exact) mass is 409 g/mol. The highest BCUT2D eigenvalue weighted by Gasteiger charge is 2.21. The van der Waals surface area contributed by atoms with Crippen molar-refractivity contribution in [1.82, 2.24) is 0 Å². The number of amides is 3. The van der Waals surface area contributed by atoms with Crippen molar-refractivity contribution < 1.29 is 19.3 Å². The maximum atomic E-state index is 12.4. The molecule has 1 unspecified atom stereocenters. The molecule has 7 heteroatoms.